The first-order valence-electron chi connectivity index (χ1n) is 11.8. The molecule has 0 bridgehead atoms. The van der Waals surface area contributed by atoms with Crippen LogP contribution in [0.15, 0.2) is 49.1 Å². The predicted octanol–water partition coefficient (Wildman–Crippen LogP) is 6.11. The Hall–Kier alpha value is -2.35. The van der Waals surface area contributed by atoms with E-state index in [2.05, 4.69) is 58.6 Å². The Morgan fingerprint density at radius 2 is 1.85 bits per heavy atom. The van der Waals surface area contributed by atoms with Crippen LogP contribution >= 0.6 is 0 Å². The fourth-order valence-electron chi connectivity index (χ4n) is 4.17. The minimum absolute atomic E-state index is 0.0809. The molecule has 1 aliphatic heterocycles. The molecule has 186 valence electrons. The third-order valence-electron chi connectivity index (χ3n) is 7.40. The quantitative estimate of drug-likeness (QED) is 0.334. The minimum Gasteiger partial charge on any atom is -0.497 e. The van der Waals surface area contributed by atoms with E-state index in [4.69, 9.17) is 18.6 Å². The largest absolute Gasteiger partial charge is 0.497 e. The van der Waals surface area contributed by atoms with Crippen LogP contribution < -0.4 is 4.74 Å². The van der Waals surface area contributed by atoms with E-state index in [9.17, 15) is 4.79 Å². The minimum atomic E-state index is -1.99. The van der Waals surface area contributed by atoms with Gasteiger partial charge in [-0.2, -0.15) is 0 Å². The molecular weight excluding hydrogens is 446 g/mol. The molecule has 3 rings (SSSR count). The highest BCUT2D eigenvalue weighted by Crippen LogP contribution is 2.42. The zero-order chi connectivity index (χ0) is 25.1. The SMILES string of the molecule is C=CCOC(=O)N1C[C@](OC)(c2ccc3cc(OC)ccc3c2)C[C@H]1CO[Si](C)(C)C(C)(C)C. The van der Waals surface area contributed by atoms with Gasteiger partial charge < -0.3 is 18.6 Å². The van der Waals surface area contributed by atoms with Crippen molar-refractivity contribution in [1.82, 2.24) is 4.90 Å². The lowest BCUT2D eigenvalue weighted by molar-refractivity contribution is -0.00618. The number of hydrogen-bond donors (Lipinski definition) is 0. The van der Waals surface area contributed by atoms with Crippen molar-refractivity contribution in [3.8, 4) is 5.75 Å². The summed E-state index contributed by atoms with van der Waals surface area (Å²) < 4.78 is 23.5. The van der Waals surface area contributed by atoms with Crippen LogP contribution in [-0.2, 0) is 19.5 Å². The number of fused-ring (bicyclic) bond motifs is 1. The van der Waals surface area contributed by atoms with Crippen LogP contribution in [-0.4, -0.2) is 59.3 Å². The third kappa shape index (κ3) is 5.32. The van der Waals surface area contributed by atoms with Gasteiger partial charge in [0.2, 0.25) is 0 Å². The summed E-state index contributed by atoms with van der Waals surface area (Å²) in [5, 5.41) is 2.27. The Morgan fingerprint density at radius 1 is 1.18 bits per heavy atom. The van der Waals surface area contributed by atoms with Gasteiger partial charge in [-0.05, 0) is 52.7 Å². The van der Waals surface area contributed by atoms with Crippen molar-refractivity contribution in [2.75, 3.05) is 34.0 Å². The van der Waals surface area contributed by atoms with Gasteiger partial charge >= 0.3 is 6.09 Å². The molecule has 1 heterocycles. The summed E-state index contributed by atoms with van der Waals surface area (Å²) in [7, 11) is 1.39. The average Bonchev–Trinajstić information content (AvgIpc) is 3.20. The number of amides is 1. The lowest BCUT2D eigenvalue weighted by atomic mass is 9.89. The second kappa shape index (κ2) is 10.1. The number of rotatable bonds is 8. The highest BCUT2D eigenvalue weighted by atomic mass is 28.4. The number of benzene rings is 2. The fraction of sp³-hybridized carbons (Fsp3) is 0.519. The second-order valence-corrected chi connectivity index (χ2v) is 15.4. The molecule has 2 aromatic rings. The molecule has 7 heteroatoms. The molecule has 0 unspecified atom stereocenters. The van der Waals surface area contributed by atoms with Crippen molar-refractivity contribution in [3.05, 3.63) is 54.6 Å². The summed E-state index contributed by atoms with van der Waals surface area (Å²) >= 11 is 0. The smallest absolute Gasteiger partial charge is 0.410 e. The first kappa shape index (κ1) is 26.3. The van der Waals surface area contributed by atoms with E-state index in [1.165, 1.54) is 0 Å². The van der Waals surface area contributed by atoms with Crippen LogP contribution in [0.1, 0.15) is 32.8 Å². The monoisotopic (exact) mass is 485 g/mol. The maximum absolute atomic E-state index is 13.0. The van der Waals surface area contributed by atoms with Gasteiger partial charge in [-0.3, -0.25) is 4.90 Å². The molecule has 0 aromatic heterocycles. The van der Waals surface area contributed by atoms with Gasteiger partial charge in [0, 0.05) is 13.5 Å². The maximum atomic E-state index is 13.0. The first-order valence-corrected chi connectivity index (χ1v) is 14.7. The molecule has 0 saturated carbocycles. The van der Waals surface area contributed by atoms with Crippen molar-refractivity contribution in [3.63, 3.8) is 0 Å². The van der Waals surface area contributed by atoms with Gasteiger partial charge in [-0.1, -0.05) is 51.6 Å². The molecule has 1 aliphatic rings. The van der Waals surface area contributed by atoms with Crippen LogP contribution in [0.3, 0.4) is 0 Å². The summed E-state index contributed by atoms with van der Waals surface area (Å²) in [5.74, 6) is 0.821. The van der Waals surface area contributed by atoms with Gasteiger partial charge in [-0.25, -0.2) is 4.79 Å². The van der Waals surface area contributed by atoms with Crippen LogP contribution in [0.2, 0.25) is 18.1 Å². The Balaban J connectivity index is 1.93. The molecule has 34 heavy (non-hydrogen) atoms. The van der Waals surface area contributed by atoms with E-state index in [0.717, 1.165) is 22.1 Å². The Morgan fingerprint density at radius 3 is 2.47 bits per heavy atom. The predicted molar refractivity (Wildman–Crippen MR) is 139 cm³/mol. The number of carbonyl (C=O) groups is 1. The fourth-order valence-corrected chi connectivity index (χ4v) is 5.21. The van der Waals surface area contributed by atoms with Gasteiger partial charge in [0.15, 0.2) is 8.32 Å². The lowest BCUT2D eigenvalue weighted by Crippen LogP contribution is -2.46. The van der Waals surface area contributed by atoms with E-state index in [0.29, 0.717) is 19.6 Å². The maximum Gasteiger partial charge on any atom is 0.410 e. The highest BCUT2D eigenvalue weighted by molar-refractivity contribution is 6.74. The Labute approximate surface area is 205 Å². The van der Waals surface area contributed by atoms with Crippen LogP contribution in [0.5, 0.6) is 5.75 Å². The zero-order valence-corrected chi connectivity index (χ0v) is 22.6. The summed E-state index contributed by atoms with van der Waals surface area (Å²) in [6.07, 6.45) is 1.84. The highest BCUT2D eigenvalue weighted by Gasteiger charge is 2.49. The number of methoxy groups -OCH3 is 2. The number of hydrogen-bond acceptors (Lipinski definition) is 5. The Bertz CT molecular complexity index is 1030. The van der Waals surface area contributed by atoms with E-state index in [-0.39, 0.29) is 23.8 Å². The molecule has 6 nitrogen and oxygen atoms in total. The standard InChI is InChI=1S/C27H39NO5Si/c1-9-14-32-25(29)28-19-27(31-6,17-23(28)18-33-34(7,8)26(2,3)4)22-12-10-21-16-24(30-5)13-11-20(21)15-22/h9-13,15-16,23H,1,14,17-19H2,2-8H3/t23-,27-/m0/s1. The van der Waals surface area contributed by atoms with Crippen molar-refractivity contribution < 1.29 is 23.4 Å². The topological polar surface area (TPSA) is 57.2 Å². The zero-order valence-electron chi connectivity index (χ0n) is 21.6. The van der Waals surface area contributed by atoms with Crippen molar-refractivity contribution in [1.29, 1.82) is 0 Å². The van der Waals surface area contributed by atoms with Crippen LogP contribution in [0.25, 0.3) is 10.8 Å². The lowest BCUT2D eigenvalue weighted by Gasteiger charge is -2.37. The third-order valence-corrected chi connectivity index (χ3v) is 11.9. The van der Waals surface area contributed by atoms with E-state index in [1.807, 2.05) is 18.2 Å². The molecule has 2 aromatic carbocycles. The molecule has 0 N–H and O–H groups in total. The van der Waals surface area contributed by atoms with Gasteiger partial charge in [0.05, 0.1) is 26.3 Å². The molecule has 1 fully saturated rings. The van der Waals surface area contributed by atoms with Gasteiger partial charge in [0.1, 0.15) is 18.0 Å². The summed E-state index contributed by atoms with van der Waals surface area (Å²) in [6.45, 7) is 15.8. The molecule has 2 atom stereocenters. The number of likely N-dealkylation sites (tertiary alicyclic amines) is 1. The normalized spacial score (nSPS) is 21.0. The van der Waals surface area contributed by atoms with Crippen molar-refractivity contribution in [2.45, 2.75) is 57.0 Å². The summed E-state index contributed by atoms with van der Waals surface area (Å²) in [5.41, 5.74) is 0.381. The molecule has 1 saturated heterocycles. The van der Waals surface area contributed by atoms with E-state index < -0.39 is 13.9 Å². The summed E-state index contributed by atoms with van der Waals surface area (Å²) in [4.78, 5) is 14.8. The summed E-state index contributed by atoms with van der Waals surface area (Å²) in [6, 6.07) is 12.2. The average molecular weight is 486 g/mol. The molecular formula is C27H39NO5Si. The second-order valence-electron chi connectivity index (χ2n) is 10.5. The first-order chi connectivity index (χ1) is 16.0. The van der Waals surface area contributed by atoms with Crippen molar-refractivity contribution >= 4 is 25.2 Å². The number of ether oxygens (including phenoxy) is 3. The molecule has 1 amide bonds. The molecule has 0 radical (unpaired) electrons. The van der Waals surface area contributed by atoms with Gasteiger partial charge in [-0.15, -0.1) is 0 Å². The molecule has 0 spiro atoms. The van der Waals surface area contributed by atoms with Crippen molar-refractivity contribution in [2.24, 2.45) is 0 Å². The Kier molecular flexibility index (Phi) is 7.80. The van der Waals surface area contributed by atoms with Crippen LogP contribution in [0, 0.1) is 0 Å². The number of nitrogens with zero attached hydrogens (tertiary/aromatic N) is 1. The van der Waals surface area contributed by atoms with Crippen LogP contribution in [0.4, 0.5) is 4.79 Å². The van der Waals surface area contributed by atoms with E-state index >= 15 is 0 Å². The van der Waals surface area contributed by atoms with E-state index in [1.54, 1.807) is 25.2 Å². The number of carbonyl (C=O) groups excluding carboxylic acids is 1. The molecule has 0 aliphatic carbocycles. The van der Waals surface area contributed by atoms with Gasteiger partial charge in [0.25, 0.3) is 0 Å².